The molecular formula is C13H22N2O5S. The first-order valence-corrected chi connectivity index (χ1v) is 9.16. The summed E-state index contributed by atoms with van der Waals surface area (Å²) in [4.78, 5) is 25.5. The molecule has 2 rings (SSSR count). The summed E-state index contributed by atoms with van der Waals surface area (Å²) >= 11 is 0. The van der Waals surface area contributed by atoms with Crippen LogP contribution in [0.4, 0.5) is 4.79 Å². The molecular weight excluding hydrogens is 296 g/mol. The number of rotatable bonds is 3. The van der Waals surface area contributed by atoms with E-state index in [-0.39, 0.29) is 35.5 Å². The van der Waals surface area contributed by atoms with Crippen LogP contribution in [0.15, 0.2) is 0 Å². The van der Waals surface area contributed by atoms with E-state index in [1.54, 1.807) is 11.8 Å². The van der Waals surface area contributed by atoms with E-state index in [9.17, 15) is 18.0 Å². The average Bonchev–Trinajstić information content (AvgIpc) is 2.78. The van der Waals surface area contributed by atoms with Gasteiger partial charge in [0.25, 0.3) is 0 Å². The number of carbonyl (C=O) groups is 2. The first-order valence-electron chi connectivity index (χ1n) is 7.34. The highest BCUT2D eigenvalue weighted by Crippen LogP contribution is 2.19. The maximum Gasteiger partial charge on any atom is 0.317 e. The van der Waals surface area contributed by atoms with Crippen LogP contribution in [0.5, 0.6) is 0 Å². The Bertz CT molecular complexity index is 505. The van der Waals surface area contributed by atoms with Gasteiger partial charge in [-0.25, -0.2) is 13.2 Å². The molecule has 120 valence electrons. The topological polar surface area (TPSA) is 92.8 Å². The number of hydrogen-bond donors (Lipinski definition) is 1. The molecule has 2 atom stereocenters. The summed E-state index contributed by atoms with van der Waals surface area (Å²) in [5.41, 5.74) is 0. The highest BCUT2D eigenvalue weighted by Gasteiger charge is 2.33. The van der Waals surface area contributed by atoms with Crippen LogP contribution < -0.4 is 5.32 Å². The predicted molar refractivity (Wildman–Crippen MR) is 76.5 cm³/mol. The van der Waals surface area contributed by atoms with Crippen molar-refractivity contribution in [3.05, 3.63) is 0 Å². The highest BCUT2D eigenvalue weighted by molar-refractivity contribution is 7.91. The molecule has 8 heteroatoms. The number of sulfone groups is 1. The second-order valence-corrected chi connectivity index (χ2v) is 7.82. The lowest BCUT2D eigenvalue weighted by Gasteiger charge is -2.32. The first kappa shape index (κ1) is 16.1. The van der Waals surface area contributed by atoms with Gasteiger partial charge in [0, 0.05) is 19.1 Å². The van der Waals surface area contributed by atoms with Crippen molar-refractivity contribution < 1.29 is 22.7 Å². The van der Waals surface area contributed by atoms with Gasteiger partial charge in [-0.2, -0.15) is 0 Å². The van der Waals surface area contributed by atoms with Crippen LogP contribution in [-0.4, -0.2) is 62.6 Å². The molecule has 2 aliphatic rings. The Morgan fingerprint density at radius 3 is 2.71 bits per heavy atom. The molecule has 0 radical (unpaired) electrons. The molecule has 2 amide bonds. The Balaban J connectivity index is 1.86. The third-order valence-electron chi connectivity index (χ3n) is 3.89. The number of likely N-dealkylation sites (tertiary alicyclic amines) is 1. The Hall–Kier alpha value is -1.31. The monoisotopic (exact) mass is 318 g/mol. The lowest BCUT2D eigenvalue weighted by molar-refractivity contribution is -0.149. The number of carbonyl (C=O) groups excluding carboxylic acids is 2. The summed E-state index contributed by atoms with van der Waals surface area (Å²) in [5, 5.41) is 2.75. The van der Waals surface area contributed by atoms with Gasteiger partial charge in [-0.15, -0.1) is 0 Å². The minimum atomic E-state index is -3.01. The van der Waals surface area contributed by atoms with E-state index in [1.807, 2.05) is 0 Å². The fraction of sp³-hybridized carbons (Fsp3) is 0.846. The van der Waals surface area contributed by atoms with Crippen molar-refractivity contribution >= 4 is 21.8 Å². The molecule has 21 heavy (non-hydrogen) atoms. The minimum Gasteiger partial charge on any atom is -0.466 e. The van der Waals surface area contributed by atoms with Crippen LogP contribution in [0.1, 0.15) is 26.2 Å². The summed E-state index contributed by atoms with van der Waals surface area (Å²) in [7, 11) is -3.01. The number of nitrogens with zero attached hydrogens (tertiary/aromatic N) is 1. The number of urea groups is 1. The summed E-state index contributed by atoms with van der Waals surface area (Å²) < 4.78 is 27.8. The molecule has 0 aromatic heterocycles. The van der Waals surface area contributed by atoms with Crippen LogP contribution >= 0.6 is 0 Å². The molecule has 2 fully saturated rings. The van der Waals surface area contributed by atoms with E-state index < -0.39 is 9.84 Å². The maximum atomic E-state index is 12.2. The van der Waals surface area contributed by atoms with Crippen LogP contribution in [0.25, 0.3) is 0 Å². The number of ether oxygens (including phenoxy) is 1. The smallest absolute Gasteiger partial charge is 0.317 e. The normalized spacial score (nSPS) is 28.1. The predicted octanol–water partition coefficient (Wildman–Crippen LogP) is 0.158. The number of hydrogen-bond acceptors (Lipinski definition) is 5. The SMILES string of the molecule is CCOC(=O)C1CCCN(C(=O)NC2CCS(=O)(=O)C2)C1. The van der Waals surface area contributed by atoms with E-state index in [0.717, 1.165) is 12.8 Å². The molecule has 2 unspecified atom stereocenters. The fourth-order valence-corrected chi connectivity index (χ4v) is 4.46. The summed E-state index contributed by atoms with van der Waals surface area (Å²) in [6.45, 7) is 3.01. The molecule has 7 nitrogen and oxygen atoms in total. The van der Waals surface area contributed by atoms with Gasteiger partial charge < -0.3 is 15.0 Å². The Morgan fingerprint density at radius 1 is 1.33 bits per heavy atom. The zero-order valence-electron chi connectivity index (χ0n) is 12.2. The second kappa shape index (κ2) is 6.64. The minimum absolute atomic E-state index is 0.00782. The van der Waals surface area contributed by atoms with E-state index in [2.05, 4.69) is 5.32 Å². The Labute approximate surface area is 124 Å². The van der Waals surface area contributed by atoms with Crippen molar-refractivity contribution in [3.63, 3.8) is 0 Å². The Kier molecular flexibility index (Phi) is 5.08. The lowest BCUT2D eigenvalue weighted by atomic mass is 9.98. The van der Waals surface area contributed by atoms with Gasteiger partial charge in [0.05, 0.1) is 24.0 Å². The van der Waals surface area contributed by atoms with Gasteiger partial charge in [0.1, 0.15) is 0 Å². The van der Waals surface area contributed by atoms with Gasteiger partial charge in [-0.1, -0.05) is 0 Å². The van der Waals surface area contributed by atoms with E-state index in [0.29, 0.717) is 26.1 Å². The van der Waals surface area contributed by atoms with Gasteiger partial charge in [0.2, 0.25) is 0 Å². The number of nitrogens with one attached hydrogen (secondary N) is 1. The third-order valence-corrected chi connectivity index (χ3v) is 5.66. The van der Waals surface area contributed by atoms with Crippen LogP contribution in [0.3, 0.4) is 0 Å². The zero-order valence-corrected chi connectivity index (χ0v) is 13.0. The van der Waals surface area contributed by atoms with Crippen molar-refractivity contribution in [2.75, 3.05) is 31.2 Å². The standard InChI is InChI=1S/C13H22N2O5S/c1-2-20-12(16)10-4-3-6-15(8-10)13(17)14-11-5-7-21(18,19)9-11/h10-11H,2-9H2,1H3,(H,14,17). The maximum absolute atomic E-state index is 12.2. The second-order valence-electron chi connectivity index (χ2n) is 5.59. The summed E-state index contributed by atoms with van der Waals surface area (Å²) in [6, 6.07) is -0.600. The molecule has 2 heterocycles. The first-order chi connectivity index (χ1) is 9.91. The third kappa shape index (κ3) is 4.33. The van der Waals surface area contributed by atoms with Crippen molar-refractivity contribution in [2.24, 2.45) is 5.92 Å². The summed E-state index contributed by atoms with van der Waals surface area (Å²) in [5.74, 6) is -0.410. The van der Waals surface area contributed by atoms with Gasteiger partial charge in [-0.3, -0.25) is 4.79 Å². The van der Waals surface area contributed by atoms with E-state index in [4.69, 9.17) is 4.74 Å². The highest BCUT2D eigenvalue weighted by atomic mass is 32.2. The van der Waals surface area contributed by atoms with Gasteiger partial charge in [0.15, 0.2) is 9.84 Å². The molecule has 1 N–H and O–H groups in total. The summed E-state index contributed by atoms with van der Waals surface area (Å²) in [6.07, 6.45) is 1.93. The molecule has 2 aliphatic heterocycles. The van der Waals surface area contributed by atoms with Crippen molar-refractivity contribution in [1.82, 2.24) is 10.2 Å². The van der Waals surface area contributed by atoms with E-state index >= 15 is 0 Å². The van der Waals surface area contributed by atoms with Crippen LogP contribution in [0, 0.1) is 5.92 Å². The quantitative estimate of drug-likeness (QED) is 0.748. The molecule has 0 aromatic carbocycles. The average molecular weight is 318 g/mol. The van der Waals surface area contributed by atoms with Gasteiger partial charge >= 0.3 is 12.0 Å². The van der Waals surface area contributed by atoms with Crippen LogP contribution in [0.2, 0.25) is 0 Å². The lowest BCUT2D eigenvalue weighted by Crippen LogP contribution is -2.50. The number of amides is 2. The van der Waals surface area contributed by atoms with Gasteiger partial charge in [-0.05, 0) is 26.2 Å². The molecule has 0 aliphatic carbocycles. The fourth-order valence-electron chi connectivity index (χ4n) is 2.79. The number of esters is 1. The molecule has 2 saturated heterocycles. The molecule has 0 bridgehead atoms. The van der Waals surface area contributed by atoms with Crippen molar-refractivity contribution in [1.29, 1.82) is 0 Å². The molecule has 0 spiro atoms. The largest absolute Gasteiger partial charge is 0.466 e. The zero-order chi connectivity index (χ0) is 15.5. The molecule has 0 saturated carbocycles. The number of piperidine rings is 1. The van der Waals surface area contributed by atoms with Crippen molar-refractivity contribution in [3.8, 4) is 0 Å². The van der Waals surface area contributed by atoms with E-state index in [1.165, 1.54) is 0 Å². The van der Waals surface area contributed by atoms with Crippen molar-refractivity contribution in [2.45, 2.75) is 32.2 Å². The van der Waals surface area contributed by atoms with Crippen LogP contribution in [-0.2, 0) is 19.4 Å². The molecule has 0 aromatic rings. The Morgan fingerprint density at radius 2 is 2.10 bits per heavy atom.